The number of rotatable bonds is 5. The molecule has 28 heavy (non-hydrogen) atoms. The van der Waals surface area contributed by atoms with Gasteiger partial charge in [0.2, 0.25) is 0 Å². The summed E-state index contributed by atoms with van der Waals surface area (Å²) in [6.45, 7) is 11.7. The number of hydrogen-bond donors (Lipinski definition) is 0. The van der Waals surface area contributed by atoms with Gasteiger partial charge in [-0.2, -0.15) is 0 Å². The second-order valence-corrected chi connectivity index (χ2v) is 9.55. The number of likely N-dealkylation sites (tertiary alicyclic amines) is 1. The second-order valence-electron chi connectivity index (χ2n) is 8.63. The first kappa shape index (κ1) is 22.5. The Kier molecular flexibility index (Phi) is 7.31. The average molecular weight is 456 g/mol. The molecule has 1 saturated heterocycles. The Bertz CT molecular complexity index is 710. The number of piperidine rings is 1. The largest absolute Gasteiger partial charge is 0.444 e. The molecule has 1 amide bonds. The molecule has 0 atom stereocenters. The van der Waals surface area contributed by atoms with Crippen molar-refractivity contribution in [1.82, 2.24) is 4.90 Å². The van der Waals surface area contributed by atoms with E-state index in [2.05, 4.69) is 34.7 Å². The Morgan fingerprint density at radius 2 is 1.96 bits per heavy atom. The summed E-state index contributed by atoms with van der Waals surface area (Å²) in [4.78, 5) is 27.5. The lowest BCUT2D eigenvalue weighted by atomic mass is 10.0. The highest BCUT2D eigenvalue weighted by molar-refractivity contribution is 9.10. The molecule has 1 heterocycles. The molecule has 0 aliphatic carbocycles. The van der Waals surface area contributed by atoms with Crippen LogP contribution in [0.3, 0.4) is 0 Å². The zero-order valence-electron chi connectivity index (χ0n) is 17.3. The van der Waals surface area contributed by atoms with E-state index >= 15 is 0 Å². The fraction of sp³-hybridized carbons (Fsp3) is 0.650. The molecule has 8 heteroatoms. The van der Waals surface area contributed by atoms with Gasteiger partial charge in [0, 0.05) is 36.2 Å². The summed E-state index contributed by atoms with van der Waals surface area (Å²) in [6, 6.07) is 5.34. The number of nitro groups is 1. The van der Waals surface area contributed by atoms with Crippen molar-refractivity contribution in [3.8, 4) is 0 Å². The third kappa shape index (κ3) is 6.09. The van der Waals surface area contributed by atoms with Gasteiger partial charge >= 0.3 is 6.09 Å². The fourth-order valence-corrected chi connectivity index (χ4v) is 3.76. The molecule has 1 fully saturated rings. The van der Waals surface area contributed by atoms with Crippen LogP contribution in [-0.4, -0.2) is 47.2 Å². The number of anilines is 1. The summed E-state index contributed by atoms with van der Waals surface area (Å²) in [5, 5.41) is 11.6. The van der Waals surface area contributed by atoms with E-state index in [0.29, 0.717) is 29.2 Å². The van der Waals surface area contributed by atoms with E-state index in [-0.39, 0.29) is 22.7 Å². The van der Waals surface area contributed by atoms with Gasteiger partial charge in [-0.25, -0.2) is 4.79 Å². The Balaban J connectivity index is 2.18. The summed E-state index contributed by atoms with van der Waals surface area (Å²) in [6.07, 6.45) is 1.20. The summed E-state index contributed by atoms with van der Waals surface area (Å²) in [5.74, 6) is 0.354. The van der Waals surface area contributed by atoms with Crippen molar-refractivity contribution in [2.45, 2.75) is 59.1 Å². The average Bonchev–Trinajstić information content (AvgIpc) is 2.58. The van der Waals surface area contributed by atoms with E-state index in [1.807, 2.05) is 32.9 Å². The summed E-state index contributed by atoms with van der Waals surface area (Å²) in [5.41, 5.74) is 0.220. The van der Waals surface area contributed by atoms with E-state index in [1.165, 1.54) is 0 Å². The number of amides is 1. The lowest BCUT2D eigenvalue weighted by molar-refractivity contribution is -0.384. The molecule has 0 spiro atoms. The number of benzene rings is 1. The molecule has 0 radical (unpaired) electrons. The summed E-state index contributed by atoms with van der Waals surface area (Å²) < 4.78 is 6.15. The highest BCUT2D eigenvalue weighted by Gasteiger charge is 2.32. The Labute approximate surface area is 175 Å². The number of hydrogen-bond acceptors (Lipinski definition) is 5. The molecule has 1 aromatic carbocycles. The van der Waals surface area contributed by atoms with Crippen LogP contribution >= 0.6 is 15.9 Å². The molecule has 156 valence electrons. The maximum absolute atomic E-state index is 12.3. The van der Waals surface area contributed by atoms with Gasteiger partial charge in [0.05, 0.1) is 4.92 Å². The molecular weight excluding hydrogens is 426 g/mol. The van der Waals surface area contributed by atoms with Crippen molar-refractivity contribution in [3.05, 3.63) is 32.8 Å². The van der Waals surface area contributed by atoms with Crippen molar-refractivity contribution in [1.29, 1.82) is 0 Å². The van der Waals surface area contributed by atoms with Gasteiger partial charge in [-0.15, -0.1) is 0 Å². The van der Waals surface area contributed by atoms with Crippen LogP contribution < -0.4 is 4.90 Å². The number of ether oxygens (including phenoxy) is 1. The fourth-order valence-electron chi connectivity index (χ4n) is 3.41. The Hall–Kier alpha value is -1.83. The van der Waals surface area contributed by atoms with E-state index in [9.17, 15) is 14.9 Å². The van der Waals surface area contributed by atoms with Crippen LogP contribution in [0, 0.1) is 16.0 Å². The molecule has 0 N–H and O–H groups in total. The molecule has 0 aromatic heterocycles. The Morgan fingerprint density at radius 3 is 2.46 bits per heavy atom. The third-order valence-electron chi connectivity index (χ3n) is 4.56. The topological polar surface area (TPSA) is 75.9 Å². The van der Waals surface area contributed by atoms with Crippen LogP contribution in [0.5, 0.6) is 0 Å². The first-order valence-corrected chi connectivity index (χ1v) is 10.5. The molecule has 1 aliphatic heterocycles. The van der Waals surface area contributed by atoms with Crippen molar-refractivity contribution >= 4 is 33.4 Å². The molecule has 7 nitrogen and oxygen atoms in total. The van der Waals surface area contributed by atoms with Gasteiger partial charge < -0.3 is 14.5 Å². The van der Waals surface area contributed by atoms with E-state index in [4.69, 9.17) is 4.74 Å². The predicted molar refractivity (Wildman–Crippen MR) is 114 cm³/mol. The normalized spacial score (nSPS) is 15.6. The number of nitrogens with zero attached hydrogens (tertiary/aromatic N) is 3. The number of nitro benzene ring substituents is 1. The van der Waals surface area contributed by atoms with Crippen molar-refractivity contribution in [2.75, 3.05) is 24.5 Å². The second kappa shape index (κ2) is 9.11. The van der Waals surface area contributed by atoms with Crippen LogP contribution in [0.1, 0.15) is 47.5 Å². The lowest BCUT2D eigenvalue weighted by Gasteiger charge is -2.40. The Morgan fingerprint density at radius 1 is 1.36 bits per heavy atom. The first-order chi connectivity index (χ1) is 13.0. The summed E-state index contributed by atoms with van der Waals surface area (Å²) in [7, 11) is 0. The highest BCUT2D eigenvalue weighted by atomic mass is 79.9. The molecule has 1 aliphatic rings. The molecule has 0 saturated carbocycles. The zero-order chi connectivity index (χ0) is 21.1. The third-order valence-corrected chi connectivity index (χ3v) is 5.06. The van der Waals surface area contributed by atoms with Gasteiger partial charge in [-0.1, -0.05) is 29.8 Å². The van der Waals surface area contributed by atoms with Crippen LogP contribution in [0.2, 0.25) is 0 Å². The highest BCUT2D eigenvalue weighted by Crippen LogP contribution is 2.35. The maximum atomic E-state index is 12.3. The summed E-state index contributed by atoms with van der Waals surface area (Å²) >= 11 is 3.33. The minimum atomic E-state index is -0.518. The van der Waals surface area contributed by atoms with Crippen molar-refractivity contribution < 1.29 is 14.5 Å². The smallest absolute Gasteiger partial charge is 0.410 e. The van der Waals surface area contributed by atoms with Crippen molar-refractivity contribution in [3.63, 3.8) is 0 Å². The molecule has 1 aromatic rings. The van der Waals surface area contributed by atoms with E-state index in [0.717, 1.165) is 19.4 Å². The van der Waals surface area contributed by atoms with Crippen LogP contribution in [0.25, 0.3) is 0 Å². The standard InChI is InChI=1S/C20H30BrN3O4/c1-14(2)13-23(17-7-6-15(21)12-18(17)24(26)27)16-8-10-22(11-9-16)19(25)28-20(3,4)5/h6-7,12,14,16H,8-11,13H2,1-5H3. The van der Waals surface area contributed by atoms with Crippen LogP contribution in [-0.2, 0) is 4.74 Å². The monoisotopic (exact) mass is 455 g/mol. The number of carbonyl (C=O) groups excluding carboxylic acids is 1. The molecular formula is C20H30BrN3O4. The van der Waals surface area contributed by atoms with Gasteiger partial charge in [0.25, 0.3) is 5.69 Å². The molecule has 0 bridgehead atoms. The van der Waals surface area contributed by atoms with Gasteiger partial charge in [0.1, 0.15) is 11.3 Å². The minimum Gasteiger partial charge on any atom is -0.444 e. The van der Waals surface area contributed by atoms with Crippen molar-refractivity contribution in [2.24, 2.45) is 5.92 Å². The van der Waals surface area contributed by atoms with E-state index < -0.39 is 5.60 Å². The predicted octanol–water partition coefficient (Wildman–Crippen LogP) is 5.22. The molecule has 2 rings (SSSR count). The minimum absolute atomic E-state index is 0.101. The molecule has 0 unspecified atom stereocenters. The number of halogens is 1. The maximum Gasteiger partial charge on any atom is 0.410 e. The lowest BCUT2D eigenvalue weighted by Crippen LogP contribution is -2.49. The SMILES string of the molecule is CC(C)CN(c1ccc(Br)cc1[N+](=O)[O-])C1CCN(C(=O)OC(C)(C)C)CC1. The van der Waals surface area contributed by atoms with Crippen LogP contribution in [0.15, 0.2) is 22.7 Å². The zero-order valence-corrected chi connectivity index (χ0v) is 18.9. The quantitative estimate of drug-likeness (QED) is 0.449. The van der Waals surface area contributed by atoms with Gasteiger partial charge in [-0.05, 0) is 51.7 Å². The van der Waals surface area contributed by atoms with Gasteiger partial charge in [-0.3, -0.25) is 10.1 Å². The first-order valence-electron chi connectivity index (χ1n) is 9.66. The van der Waals surface area contributed by atoms with E-state index in [1.54, 1.807) is 11.0 Å². The van der Waals surface area contributed by atoms with Gasteiger partial charge in [0.15, 0.2) is 0 Å². The number of carbonyl (C=O) groups is 1. The van der Waals surface area contributed by atoms with Crippen LogP contribution in [0.4, 0.5) is 16.2 Å².